The Morgan fingerprint density at radius 2 is 1.59 bits per heavy atom. The molecule has 1 unspecified atom stereocenters. The first kappa shape index (κ1) is 23.6. The van der Waals surface area contributed by atoms with Crippen LogP contribution in [0, 0.1) is 0 Å². The van der Waals surface area contributed by atoms with Crippen molar-refractivity contribution >= 4 is 23.2 Å². The molecule has 1 atom stereocenters. The van der Waals surface area contributed by atoms with Crippen molar-refractivity contribution in [2.24, 2.45) is 0 Å². The van der Waals surface area contributed by atoms with Crippen molar-refractivity contribution in [2.75, 3.05) is 16.3 Å². The number of benzene rings is 2. The SMILES string of the molecule is CC(C)N1CC(NC(=O)Cc2ccc(C(F)(F)F)cc2)C(=O)N(C(C)C)c2ccccc21. The van der Waals surface area contributed by atoms with Gasteiger partial charge in [-0.15, -0.1) is 0 Å². The number of hydrogen-bond donors (Lipinski definition) is 1. The van der Waals surface area contributed by atoms with E-state index in [1.54, 1.807) is 4.90 Å². The lowest BCUT2D eigenvalue weighted by Gasteiger charge is -2.31. The Bertz CT molecular complexity index is 971. The van der Waals surface area contributed by atoms with Crippen LogP contribution in [0.4, 0.5) is 24.5 Å². The number of fused-ring (bicyclic) bond motifs is 1. The molecule has 0 aliphatic carbocycles. The number of carbonyl (C=O) groups is 2. The standard InChI is InChI=1S/C24H28F3N3O2/c1-15(2)29-14-19(23(32)30(16(3)4)21-8-6-5-7-20(21)29)28-22(31)13-17-9-11-18(12-10-17)24(25,26)27/h5-12,15-16,19H,13-14H2,1-4H3,(H,28,31). The third-order valence-corrected chi connectivity index (χ3v) is 5.49. The lowest BCUT2D eigenvalue weighted by atomic mass is 10.1. The fraction of sp³-hybridized carbons (Fsp3) is 0.417. The van der Waals surface area contributed by atoms with Gasteiger partial charge in [0, 0.05) is 18.6 Å². The molecule has 32 heavy (non-hydrogen) atoms. The zero-order valence-electron chi connectivity index (χ0n) is 18.6. The van der Waals surface area contributed by atoms with Crippen molar-refractivity contribution in [3.8, 4) is 0 Å². The topological polar surface area (TPSA) is 52.7 Å². The summed E-state index contributed by atoms with van der Waals surface area (Å²) in [6.45, 7) is 8.18. The van der Waals surface area contributed by atoms with Gasteiger partial charge in [0.2, 0.25) is 5.91 Å². The quantitative estimate of drug-likeness (QED) is 0.739. The van der Waals surface area contributed by atoms with E-state index in [0.29, 0.717) is 12.1 Å². The van der Waals surface area contributed by atoms with Crippen molar-refractivity contribution in [3.05, 3.63) is 59.7 Å². The predicted octanol–water partition coefficient (Wildman–Crippen LogP) is 4.40. The molecular formula is C24H28F3N3O2. The van der Waals surface area contributed by atoms with E-state index in [4.69, 9.17) is 0 Å². The number of hydrogen-bond acceptors (Lipinski definition) is 3. The van der Waals surface area contributed by atoms with Crippen molar-refractivity contribution in [1.82, 2.24) is 5.32 Å². The normalized spacial score (nSPS) is 16.9. The van der Waals surface area contributed by atoms with Gasteiger partial charge in [-0.1, -0.05) is 24.3 Å². The largest absolute Gasteiger partial charge is 0.416 e. The first-order chi connectivity index (χ1) is 15.0. The number of halogens is 3. The fourth-order valence-corrected chi connectivity index (χ4v) is 3.94. The van der Waals surface area contributed by atoms with Crippen LogP contribution in [-0.2, 0) is 22.2 Å². The Kier molecular flexibility index (Phi) is 6.81. The number of para-hydroxylation sites is 2. The molecule has 0 aromatic heterocycles. The van der Waals surface area contributed by atoms with Gasteiger partial charge in [-0.25, -0.2) is 0 Å². The third-order valence-electron chi connectivity index (χ3n) is 5.49. The van der Waals surface area contributed by atoms with Crippen molar-refractivity contribution in [1.29, 1.82) is 0 Å². The maximum atomic E-state index is 13.4. The molecule has 0 fully saturated rings. The van der Waals surface area contributed by atoms with E-state index < -0.39 is 23.7 Å². The van der Waals surface area contributed by atoms with Gasteiger partial charge in [-0.05, 0) is 57.5 Å². The van der Waals surface area contributed by atoms with Gasteiger partial charge in [0.25, 0.3) is 5.91 Å². The number of alkyl halides is 3. The van der Waals surface area contributed by atoms with E-state index in [1.165, 1.54) is 12.1 Å². The average molecular weight is 448 g/mol. The molecule has 1 aliphatic heterocycles. The summed E-state index contributed by atoms with van der Waals surface area (Å²) in [7, 11) is 0. The highest BCUT2D eigenvalue weighted by atomic mass is 19.4. The summed E-state index contributed by atoms with van der Waals surface area (Å²) in [5.41, 5.74) is 1.39. The van der Waals surface area contributed by atoms with Gasteiger partial charge in [0.05, 0.1) is 23.4 Å². The molecule has 0 saturated carbocycles. The second-order valence-corrected chi connectivity index (χ2v) is 8.53. The van der Waals surface area contributed by atoms with Crippen LogP contribution in [0.2, 0.25) is 0 Å². The van der Waals surface area contributed by atoms with Gasteiger partial charge in [-0.3, -0.25) is 9.59 Å². The predicted molar refractivity (Wildman–Crippen MR) is 119 cm³/mol. The maximum absolute atomic E-state index is 13.4. The van der Waals surface area contributed by atoms with Gasteiger partial charge in [0.15, 0.2) is 0 Å². The summed E-state index contributed by atoms with van der Waals surface area (Å²) in [6.07, 6.45) is -4.54. The van der Waals surface area contributed by atoms with E-state index in [2.05, 4.69) is 10.2 Å². The van der Waals surface area contributed by atoms with E-state index in [-0.39, 0.29) is 24.4 Å². The highest BCUT2D eigenvalue weighted by Gasteiger charge is 2.36. The zero-order chi connectivity index (χ0) is 23.6. The fourth-order valence-electron chi connectivity index (χ4n) is 3.94. The first-order valence-corrected chi connectivity index (χ1v) is 10.6. The lowest BCUT2D eigenvalue weighted by molar-refractivity contribution is -0.137. The van der Waals surface area contributed by atoms with E-state index >= 15 is 0 Å². The number of nitrogens with one attached hydrogen (secondary N) is 1. The highest BCUT2D eigenvalue weighted by Crippen LogP contribution is 2.35. The molecule has 3 rings (SSSR count). The molecule has 8 heteroatoms. The third kappa shape index (κ3) is 5.06. The van der Waals surface area contributed by atoms with E-state index in [9.17, 15) is 22.8 Å². The molecule has 0 saturated heterocycles. The molecule has 1 N–H and O–H groups in total. The molecule has 0 radical (unpaired) electrons. The van der Waals surface area contributed by atoms with Gasteiger partial charge in [-0.2, -0.15) is 13.2 Å². The van der Waals surface area contributed by atoms with Crippen LogP contribution < -0.4 is 15.1 Å². The van der Waals surface area contributed by atoms with Crippen LogP contribution in [0.1, 0.15) is 38.8 Å². The molecular weight excluding hydrogens is 419 g/mol. The molecule has 1 aliphatic rings. The van der Waals surface area contributed by atoms with Gasteiger partial charge < -0.3 is 15.1 Å². The molecule has 2 aromatic carbocycles. The highest BCUT2D eigenvalue weighted by molar-refractivity contribution is 6.04. The minimum absolute atomic E-state index is 0.0883. The van der Waals surface area contributed by atoms with Crippen LogP contribution in [0.15, 0.2) is 48.5 Å². The van der Waals surface area contributed by atoms with E-state index in [1.807, 2.05) is 52.0 Å². The summed E-state index contributed by atoms with van der Waals surface area (Å²) in [4.78, 5) is 29.9. The Morgan fingerprint density at radius 1 is 1.00 bits per heavy atom. The molecule has 2 aromatic rings. The first-order valence-electron chi connectivity index (χ1n) is 10.6. The zero-order valence-corrected chi connectivity index (χ0v) is 18.6. The smallest absolute Gasteiger partial charge is 0.365 e. The summed E-state index contributed by atoms with van der Waals surface area (Å²) in [6, 6.07) is 11.3. The number of anilines is 2. The van der Waals surface area contributed by atoms with Crippen LogP contribution in [-0.4, -0.2) is 36.5 Å². The van der Waals surface area contributed by atoms with Gasteiger partial charge in [0.1, 0.15) is 6.04 Å². The minimum Gasteiger partial charge on any atom is -0.365 e. The van der Waals surface area contributed by atoms with Crippen LogP contribution in [0.25, 0.3) is 0 Å². The second kappa shape index (κ2) is 9.22. The molecule has 0 bridgehead atoms. The summed E-state index contributed by atoms with van der Waals surface area (Å²) in [5, 5.41) is 2.81. The Labute approximate surface area is 186 Å². The summed E-state index contributed by atoms with van der Waals surface area (Å²) < 4.78 is 38.3. The average Bonchev–Trinajstić information content (AvgIpc) is 2.82. The molecule has 5 nitrogen and oxygen atoms in total. The molecule has 1 heterocycles. The number of amides is 2. The van der Waals surface area contributed by atoms with Crippen molar-refractivity contribution in [3.63, 3.8) is 0 Å². The Hall–Kier alpha value is -3.03. The monoisotopic (exact) mass is 447 g/mol. The van der Waals surface area contributed by atoms with E-state index in [0.717, 1.165) is 23.5 Å². The minimum atomic E-state index is -4.43. The van der Waals surface area contributed by atoms with Crippen LogP contribution in [0.5, 0.6) is 0 Å². The number of carbonyl (C=O) groups excluding carboxylic acids is 2. The Balaban J connectivity index is 1.82. The maximum Gasteiger partial charge on any atom is 0.416 e. The van der Waals surface area contributed by atoms with Crippen molar-refractivity contribution < 1.29 is 22.8 Å². The summed E-state index contributed by atoms with van der Waals surface area (Å²) >= 11 is 0. The summed E-state index contributed by atoms with van der Waals surface area (Å²) in [5.74, 6) is -0.627. The van der Waals surface area contributed by atoms with Crippen LogP contribution >= 0.6 is 0 Å². The molecule has 172 valence electrons. The van der Waals surface area contributed by atoms with Gasteiger partial charge >= 0.3 is 6.18 Å². The lowest BCUT2D eigenvalue weighted by Crippen LogP contribution is -2.54. The Morgan fingerprint density at radius 3 is 2.12 bits per heavy atom. The molecule has 0 spiro atoms. The van der Waals surface area contributed by atoms with Crippen molar-refractivity contribution in [2.45, 2.75) is 58.4 Å². The van der Waals surface area contributed by atoms with Crippen LogP contribution in [0.3, 0.4) is 0 Å². The number of rotatable bonds is 5. The number of nitrogens with zero attached hydrogens (tertiary/aromatic N) is 2. The molecule has 2 amide bonds. The second-order valence-electron chi connectivity index (χ2n) is 8.53.